The molecule has 1 aromatic carbocycles. The molecule has 1 fully saturated rings. The van der Waals surface area contributed by atoms with E-state index in [1.54, 1.807) is 6.07 Å². The fourth-order valence-corrected chi connectivity index (χ4v) is 1.83. The summed E-state index contributed by atoms with van der Waals surface area (Å²) in [5.74, 6) is 1.69. The zero-order valence-electron chi connectivity index (χ0n) is 8.25. The summed E-state index contributed by atoms with van der Waals surface area (Å²) in [6.45, 7) is 4.36. The zero-order chi connectivity index (χ0) is 9.42. The Kier molecular flexibility index (Phi) is 2.03. The summed E-state index contributed by atoms with van der Waals surface area (Å²) in [7, 11) is 0. The molecule has 0 bridgehead atoms. The molecule has 13 heavy (non-hydrogen) atoms. The highest BCUT2D eigenvalue weighted by molar-refractivity contribution is 5.40. The quantitative estimate of drug-likeness (QED) is 0.732. The van der Waals surface area contributed by atoms with Crippen LogP contribution in [0.25, 0.3) is 0 Å². The van der Waals surface area contributed by atoms with Gasteiger partial charge in [0.25, 0.3) is 0 Å². The van der Waals surface area contributed by atoms with Crippen LogP contribution in [0.2, 0.25) is 0 Å². The Hall–Kier alpha value is -0.980. The average molecular weight is 176 g/mol. The van der Waals surface area contributed by atoms with Crippen LogP contribution in [0.15, 0.2) is 18.2 Å². The molecule has 1 aromatic rings. The van der Waals surface area contributed by atoms with Crippen molar-refractivity contribution in [3.63, 3.8) is 0 Å². The smallest absolute Gasteiger partial charge is 0.115 e. The number of hydrogen-bond acceptors (Lipinski definition) is 1. The van der Waals surface area contributed by atoms with Crippen molar-refractivity contribution in [2.24, 2.45) is 0 Å². The highest BCUT2D eigenvalue weighted by Gasteiger charge is 2.26. The van der Waals surface area contributed by atoms with Crippen molar-refractivity contribution in [3.8, 4) is 5.75 Å². The van der Waals surface area contributed by atoms with Crippen LogP contribution in [0.5, 0.6) is 5.75 Å². The van der Waals surface area contributed by atoms with Gasteiger partial charge in [-0.1, -0.05) is 19.9 Å². The topological polar surface area (TPSA) is 20.2 Å². The van der Waals surface area contributed by atoms with E-state index in [9.17, 15) is 5.11 Å². The number of rotatable bonds is 2. The maximum absolute atomic E-state index is 9.39. The second-order valence-corrected chi connectivity index (χ2v) is 4.24. The first-order valence-corrected chi connectivity index (χ1v) is 5.01. The Morgan fingerprint density at radius 2 is 2.00 bits per heavy atom. The van der Waals surface area contributed by atoms with Gasteiger partial charge in [-0.3, -0.25) is 0 Å². The normalized spacial score (nSPS) is 16.5. The fourth-order valence-electron chi connectivity index (χ4n) is 1.83. The summed E-state index contributed by atoms with van der Waals surface area (Å²) < 4.78 is 0. The van der Waals surface area contributed by atoms with Crippen molar-refractivity contribution in [2.75, 3.05) is 0 Å². The summed E-state index contributed by atoms with van der Waals surface area (Å²) >= 11 is 0. The predicted molar refractivity (Wildman–Crippen MR) is 54.2 cm³/mol. The van der Waals surface area contributed by atoms with Crippen LogP contribution in [0.4, 0.5) is 0 Å². The van der Waals surface area contributed by atoms with E-state index < -0.39 is 0 Å². The van der Waals surface area contributed by atoms with Crippen molar-refractivity contribution in [1.29, 1.82) is 0 Å². The molecule has 1 nitrogen and oxygen atoms in total. The van der Waals surface area contributed by atoms with Crippen molar-refractivity contribution in [1.82, 2.24) is 0 Å². The van der Waals surface area contributed by atoms with E-state index in [1.165, 1.54) is 24.0 Å². The first-order valence-electron chi connectivity index (χ1n) is 5.01. The maximum Gasteiger partial charge on any atom is 0.115 e. The number of phenolic OH excluding ortho intramolecular Hbond substituents is 1. The lowest BCUT2D eigenvalue weighted by atomic mass is 9.94. The van der Waals surface area contributed by atoms with Crippen LogP contribution in [-0.2, 0) is 0 Å². The molecule has 70 valence electrons. The van der Waals surface area contributed by atoms with Gasteiger partial charge in [-0.15, -0.1) is 0 Å². The molecule has 0 spiro atoms. The highest BCUT2D eigenvalue weighted by atomic mass is 16.3. The first kappa shape index (κ1) is 8.61. The molecule has 0 unspecified atom stereocenters. The summed E-state index contributed by atoms with van der Waals surface area (Å²) in [6.07, 6.45) is 2.65. The van der Waals surface area contributed by atoms with Gasteiger partial charge >= 0.3 is 0 Å². The molecule has 1 aliphatic carbocycles. The molecule has 2 rings (SSSR count). The zero-order valence-corrected chi connectivity index (χ0v) is 8.25. The molecule has 0 saturated heterocycles. The van der Waals surface area contributed by atoms with Crippen LogP contribution in [0.1, 0.15) is 49.7 Å². The summed E-state index contributed by atoms with van der Waals surface area (Å²) in [4.78, 5) is 0. The second kappa shape index (κ2) is 3.06. The minimum Gasteiger partial charge on any atom is -0.508 e. The second-order valence-electron chi connectivity index (χ2n) is 4.24. The Morgan fingerprint density at radius 3 is 2.54 bits per heavy atom. The lowest BCUT2D eigenvalue weighted by Crippen LogP contribution is -1.94. The maximum atomic E-state index is 9.39. The van der Waals surface area contributed by atoms with Gasteiger partial charge in [0.15, 0.2) is 0 Å². The first-order chi connectivity index (χ1) is 6.18. The van der Waals surface area contributed by atoms with Crippen LogP contribution in [0, 0.1) is 0 Å². The SMILES string of the molecule is CC(C)c1cc(O)ccc1C1CC1. The molecule has 0 heterocycles. The monoisotopic (exact) mass is 176 g/mol. The van der Waals surface area contributed by atoms with Crippen molar-refractivity contribution in [2.45, 2.75) is 38.5 Å². The number of phenols is 1. The van der Waals surface area contributed by atoms with Crippen LogP contribution >= 0.6 is 0 Å². The molecule has 1 heteroatoms. The van der Waals surface area contributed by atoms with Crippen LogP contribution < -0.4 is 0 Å². The van der Waals surface area contributed by atoms with Gasteiger partial charge < -0.3 is 5.11 Å². The van der Waals surface area contributed by atoms with E-state index >= 15 is 0 Å². The van der Waals surface area contributed by atoms with Gasteiger partial charge in [0.1, 0.15) is 5.75 Å². The average Bonchev–Trinajstić information content (AvgIpc) is 2.87. The molecule has 0 radical (unpaired) electrons. The minimum atomic E-state index is 0.396. The van der Waals surface area contributed by atoms with Gasteiger partial charge in [0.05, 0.1) is 0 Å². The summed E-state index contributed by atoms with van der Waals surface area (Å²) in [5, 5.41) is 9.39. The van der Waals surface area contributed by atoms with Gasteiger partial charge in [-0.25, -0.2) is 0 Å². The molecule has 0 aliphatic heterocycles. The molecular weight excluding hydrogens is 160 g/mol. The lowest BCUT2D eigenvalue weighted by Gasteiger charge is -2.12. The summed E-state index contributed by atoms with van der Waals surface area (Å²) in [6, 6.07) is 5.81. The van der Waals surface area contributed by atoms with Gasteiger partial charge in [0, 0.05) is 0 Å². The van der Waals surface area contributed by atoms with E-state index in [0.29, 0.717) is 11.7 Å². The van der Waals surface area contributed by atoms with Crippen LogP contribution in [0.3, 0.4) is 0 Å². The van der Waals surface area contributed by atoms with E-state index in [-0.39, 0.29) is 0 Å². The van der Waals surface area contributed by atoms with E-state index in [1.807, 2.05) is 6.07 Å². The Bertz CT molecular complexity index is 311. The molecule has 0 atom stereocenters. The molecular formula is C12H16O. The van der Waals surface area contributed by atoms with Gasteiger partial charge in [0.2, 0.25) is 0 Å². The molecule has 1 saturated carbocycles. The van der Waals surface area contributed by atoms with Gasteiger partial charge in [-0.2, -0.15) is 0 Å². The largest absolute Gasteiger partial charge is 0.508 e. The molecule has 1 N–H and O–H groups in total. The lowest BCUT2D eigenvalue weighted by molar-refractivity contribution is 0.473. The van der Waals surface area contributed by atoms with Crippen LogP contribution in [-0.4, -0.2) is 5.11 Å². The Balaban J connectivity index is 2.41. The molecule has 1 aliphatic rings. The van der Waals surface area contributed by atoms with Crippen molar-refractivity contribution < 1.29 is 5.11 Å². The Labute approximate surface area is 79.4 Å². The molecule has 0 amide bonds. The van der Waals surface area contributed by atoms with Gasteiger partial charge in [-0.05, 0) is 47.9 Å². The van der Waals surface area contributed by atoms with Crippen molar-refractivity contribution in [3.05, 3.63) is 29.3 Å². The fraction of sp³-hybridized carbons (Fsp3) is 0.500. The summed E-state index contributed by atoms with van der Waals surface area (Å²) in [5.41, 5.74) is 2.77. The molecule has 0 aromatic heterocycles. The third kappa shape index (κ3) is 1.69. The number of benzene rings is 1. The minimum absolute atomic E-state index is 0.396. The highest BCUT2D eigenvalue weighted by Crippen LogP contribution is 2.43. The number of hydrogen-bond donors (Lipinski definition) is 1. The predicted octanol–water partition coefficient (Wildman–Crippen LogP) is 3.39. The van der Waals surface area contributed by atoms with E-state index in [2.05, 4.69) is 19.9 Å². The Morgan fingerprint density at radius 1 is 1.31 bits per heavy atom. The number of aromatic hydroxyl groups is 1. The third-order valence-electron chi connectivity index (χ3n) is 2.71. The standard InChI is InChI=1S/C12H16O/c1-8(2)12-7-10(13)5-6-11(12)9-3-4-9/h5-9,13H,3-4H2,1-2H3. The van der Waals surface area contributed by atoms with E-state index in [0.717, 1.165) is 5.92 Å². The van der Waals surface area contributed by atoms with E-state index in [4.69, 9.17) is 0 Å². The van der Waals surface area contributed by atoms with Crippen molar-refractivity contribution >= 4 is 0 Å². The third-order valence-corrected chi connectivity index (χ3v) is 2.71.